The summed E-state index contributed by atoms with van der Waals surface area (Å²) in [6, 6.07) is 4.64. The first-order valence-corrected chi connectivity index (χ1v) is 4.94. The van der Waals surface area contributed by atoms with Crippen molar-refractivity contribution in [1.29, 1.82) is 0 Å². The summed E-state index contributed by atoms with van der Waals surface area (Å²) in [5, 5.41) is 3.41. The van der Waals surface area contributed by atoms with Crippen molar-refractivity contribution >= 4 is 11.8 Å². The van der Waals surface area contributed by atoms with Crippen LogP contribution < -0.4 is 5.32 Å². The molecule has 60 valence electrons. The highest BCUT2D eigenvalue weighted by atomic mass is 32.2. The summed E-state index contributed by atoms with van der Waals surface area (Å²) in [7, 11) is 0. The van der Waals surface area contributed by atoms with E-state index < -0.39 is 0 Å². The molecule has 1 aliphatic rings. The van der Waals surface area contributed by atoms with Crippen molar-refractivity contribution in [2.24, 2.45) is 0 Å². The molecule has 1 aliphatic heterocycles. The van der Waals surface area contributed by atoms with Crippen LogP contribution in [-0.4, -0.2) is 17.5 Å². The molecular weight excluding hydrogens is 158 g/mol. The van der Waals surface area contributed by atoms with Crippen LogP contribution in [0.3, 0.4) is 0 Å². The molecule has 0 saturated carbocycles. The fourth-order valence-corrected chi connectivity index (χ4v) is 1.72. The van der Waals surface area contributed by atoms with Crippen molar-refractivity contribution in [1.82, 2.24) is 5.32 Å². The molecule has 3 heteroatoms. The molecule has 0 atom stereocenters. The first kappa shape index (κ1) is 7.25. The summed E-state index contributed by atoms with van der Waals surface area (Å²) in [5.41, 5.74) is 0. The van der Waals surface area contributed by atoms with Gasteiger partial charge in [0.1, 0.15) is 5.76 Å². The predicted octanol–water partition coefficient (Wildman–Crippen LogP) is 1.48. The van der Waals surface area contributed by atoms with Crippen LogP contribution in [-0.2, 0) is 6.54 Å². The van der Waals surface area contributed by atoms with E-state index in [2.05, 4.69) is 5.32 Å². The zero-order chi connectivity index (χ0) is 7.52. The average molecular weight is 169 g/mol. The molecule has 1 saturated heterocycles. The van der Waals surface area contributed by atoms with Gasteiger partial charge in [-0.2, -0.15) is 11.8 Å². The van der Waals surface area contributed by atoms with Crippen LogP contribution in [0.4, 0.5) is 0 Å². The van der Waals surface area contributed by atoms with Crippen LogP contribution >= 0.6 is 11.8 Å². The smallest absolute Gasteiger partial charge is 0.117 e. The second-order valence-corrected chi connectivity index (χ2v) is 3.77. The number of nitrogens with one attached hydrogen (secondary N) is 1. The molecule has 0 aliphatic carbocycles. The topological polar surface area (TPSA) is 25.2 Å². The number of hydrogen-bond donors (Lipinski definition) is 1. The quantitative estimate of drug-likeness (QED) is 0.742. The van der Waals surface area contributed by atoms with Gasteiger partial charge in [-0.3, -0.25) is 0 Å². The Hall–Kier alpha value is -0.410. The highest BCUT2D eigenvalue weighted by molar-refractivity contribution is 8.00. The van der Waals surface area contributed by atoms with E-state index in [-0.39, 0.29) is 0 Å². The Morgan fingerprint density at radius 2 is 2.55 bits per heavy atom. The second kappa shape index (κ2) is 3.32. The lowest BCUT2D eigenvalue weighted by Crippen LogP contribution is -2.39. The summed E-state index contributed by atoms with van der Waals surface area (Å²) < 4.78 is 5.18. The fraction of sp³-hybridized carbons (Fsp3) is 0.500. The molecule has 1 aromatic heterocycles. The third kappa shape index (κ3) is 1.79. The minimum Gasteiger partial charge on any atom is -0.468 e. The SMILES string of the molecule is c1coc(CNC2CSC2)c1. The maximum Gasteiger partial charge on any atom is 0.117 e. The third-order valence-corrected chi connectivity index (χ3v) is 3.06. The number of furan rings is 1. The molecule has 0 aromatic carbocycles. The highest BCUT2D eigenvalue weighted by Crippen LogP contribution is 2.17. The average Bonchev–Trinajstić information content (AvgIpc) is 2.36. The van der Waals surface area contributed by atoms with Gasteiger partial charge in [0.2, 0.25) is 0 Å². The Morgan fingerprint density at radius 3 is 3.09 bits per heavy atom. The van der Waals surface area contributed by atoms with Gasteiger partial charge < -0.3 is 9.73 Å². The van der Waals surface area contributed by atoms with E-state index in [0.717, 1.165) is 12.3 Å². The molecule has 0 unspecified atom stereocenters. The van der Waals surface area contributed by atoms with Gasteiger partial charge in [0, 0.05) is 17.5 Å². The lowest BCUT2D eigenvalue weighted by atomic mass is 10.3. The summed E-state index contributed by atoms with van der Waals surface area (Å²) in [6.45, 7) is 0.873. The maximum atomic E-state index is 5.18. The zero-order valence-electron chi connectivity index (χ0n) is 6.25. The molecule has 0 spiro atoms. The van der Waals surface area contributed by atoms with Crippen molar-refractivity contribution in [3.63, 3.8) is 0 Å². The van der Waals surface area contributed by atoms with Crippen LogP contribution in [0.15, 0.2) is 22.8 Å². The van der Waals surface area contributed by atoms with E-state index >= 15 is 0 Å². The monoisotopic (exact) mass is 169 g/mol. The highest BCUT2D eigenvalue weighted by Gasteiger charge is 2.16. The molecule has 1 fully saturated rings. The minimum atomic E-state index is 0.713. The number of rotatable bonds is 3. The van der Waals surface area contributed by atoms with Gasteiger partial charge in [-0.15, -0.1) is 0 Å². The fourth-order valence-electron chi connectivity index (χ4n) is 1.01. The van der Waals surface area contributed by atoms with E-state index in [1.54, 1.807) is 6.26 Å². The van der Waals surface area contributed by atoms with E-state index in [4.69, 9.17) is 4.42 Å². The normalized spacial score (nSPS) is 18.2. The Morgan fingerprint density at radius 1 is 1.64 bits per heavy atom. The van der Waals surface area contributed by atoms with Gasteiger partial charge >= 0.3 is 0 Å². The maximum absolute atomic E-state index is 5.18. The molecule has 0 bridgehead atoms. The van der Waals surface area contributed by atoms with Crippen molar-refractivity contribution in [3.05, 3.63) is 24.2 Å². The van der Waals surface area contributed by atoms with Crippen LogP contribution in [0.1, 0.15) is 5.76 Å². The van der Waals surface area contributed by atoms with E-state index in [1.807, 2.05) is 23.9 Å². The first-order valence-electron chi connectivity index (χ1n) is 3.78. The molecule has 1 N–H and O–H groups in total. The summed E-state index contributed by atoms with van der Waals surface area (Å²) in [4.78, 5) is 0. The molecule has 2 rings (SSSR count). The van der Waals surface area contributed by atoms with Crippen LogP contribution in [0.25, 0.3) is 0 Å². The third-order valence-electron chi connectivity index (χ3n) is 1.78. The van der Waals surface area contributed by atoms with Crippen molar-refractivity contribution in [2.45, 2.75) is 12.6 Å². The molecule has 0 amide bonds. The van der Waals surface area contributed by atoms with Crippen molar-refractivity contribution in [2.75, 3.05) is 11.5 Å². The molecule has 1 aromatic rings. The standard InChI is InChI=1S/C8H11NOS/c1-2-8(10-3-1)4-9-7-5-11-6-7/h1-3,7,9H,4-6H2. The summed E-state index contributed by atoms with van der Waals surface area (Å²) >= 11 is 1.99. The molecule has 2 heterocycles. The van der Waals surface area contributed by atoms with Gasteiger partial charge in [0.25, 0.3) is 0 Å². The van der Waals surface area contributed by atoms with Crippen molar-refractivity contribution in [3.8, 4) is 0 Å². The Balaban J connectivity index is 1.74. The van der Waals surface area contributed by atoms with Crippen LogP contribution in [0.5, 0.6) is 0 Å². The number of hydrogen-bond acceptors (Lipinski definition) is 3. The molecule has 0 radical (unpaired) electrons. The lowest BCUT2D eigenvalue weighted by Gasteiger charge is -2.25. The number of thioether (sulfide) groups is 1. The minimum absolute atomic E-state index is 0.713. The van der Waals surface area contributed by atoms with Crippen LogP contribution in [0.2, 0.25) is 0 Å². The molecule has 2 nitrogen and oxygen atoms in total. The zero-order valence-corrected chi connectivity index (χ0v) is 7.06. The lowest BCUT2D eigenvalue weighted by molar-refractivity contribution is 0.464. The summed E-state index contributed by atoms with van der Waals surface area (Å²) in [5.74, 6) is 3.53. The largest absolute Gasteiger partial charge is 0.468 e. The molecule has 11 heavy (non-hydrogen) atoms. The van der Waals surface area contributed by atoms with Gasteiger partial charge in [-0.1, -0.05) is 0 Å². The van der Waals surface area contributed by atoms with Gasteiger partial charge in [0.05, 0.1) is 12.8 Å². The first-order chi connectivity index (χ1) is 5.45. The van der Waals surface area contributed by atoms with Gasteiger partial charge in [-0.25, -0.2) is 0 Å². The van der Waals surface area contributed by atoms with Gasteiger partial charge in [0.15, 0.2) is 0 Å². The van der Waals surface area contributed by atoms with Crippen molar-refractivity contribution < 1.29 is 4.42 Å². The second-order valence-electron chi connectivity index (χ2n) is 2.69. The van der Waals surface area contributed by atoms with E-state index in [0.29, 0.717) is 6.04 Å². The summed E-state index contributed by atoms with van der Waals surface area (Å²) in [6.07, 6.45) is 1.71. The Bertz CT molecular complexity index is 206. The predicted molar refractivity (Wildman–Crippen MR) is 46.7 cm³/mol. The van der Waals surface area contributed by atoms with Crippen LogP contribution in [0, 0.1) is 0 Å². The molecular formula is C8H11NOS. The van der Waals surface area contributed by atoms with Gasteiger partial charge in [-0.05, 0) is 12.1 Å². The Kier molecular flexibility index (Phi) is 2.19. The Labute approximate surface area is 70.4 Å². The van der Waals surface area contributed by atoms with E-state index in [1.165, 1.54) is 11.5 Å². The van der Waals surface area contributed by atoms with E-state index in [9.17, 15) is 0 Å².